The van der Waals surface area contributed by atoms with E-state index in [0.29, 0.717) is 36.9 Å². The Morgan fingerprint density at radius 2 is 1.81 bits per heavy atom. The van der Waals surface area contributed by atoms with E-state index in [-0.39, 0.29) is 17.8 Å². The maximum Gasteiger partial charge on any atom is 0.471 e. The lowest BCUT2D eigenvalue weighted by molar-refractivity contribution is -0.159. The van der Waals surface area contributed by atoms with Crippen LogP contribution in [0.25, 0.3) is 11.4 Å². The average molecular weight is 436 g/mol. The monoisotopic (exact) mass is 436 g/mol. The van der Waals surface area contributed by atoms with Gasteiger partial charge in [-0.15, -0.1) is 0 Å². The van der Waals surface area contributed by atoms with Crippen molar-refractivity contribution in [1.82, 2.24) is 19.9 Å². The molecular weight excluding hydrogens is 413 g/mol. The predicted molar refractivity (Wildman–Crippen MR) is 103 cm³/mol. The fraction of sp³-hybridized carbons (Fsp3) is 0.571. The lowest BCUT2D eigenvalue weighted by Crippen LogP contribution is -2.56. The van der Waals surface area contributed by atoms with Gasteiger partial charge in [0.05, 0.1) is 13.2 Å². The van der Waals surface area contributed by atoms with E-state index in [2.05, 4.69) is 19.6 Å². The molecule has 0 bridgehead atoms. The van der Waals surface area contributed by atoms with Crippen LogP contribution in [0.15, 0.2) is 22.7 Å². The molecule has 2 fully saturated rings. The number of rotatable bonds is 3. The molecule has 1 amide bonds. The van der Waals surface area contributed by atoms with E-state index in [4.69, 9.17) is 4.74 Å². The minimum Gasteiger partial charge on any atom is -0.379 e. The van der Waals surface area contributed by atoms with E-state index in [9.17, 15) is 18.0 Å². The van der Waals surface area contributed by atoms with E-state index in [1.165, 1.54) is 0 Å². The predicted octanol–water partition coefficient (Wildman–Crippen LogP) is 3.35. The number of alkyl halides is 3. The molecule has 0 radical (unpaired) electrons. The zero-order valence-corrected chi connectivity index (χ0v) is 16.9. The van der Waals surface area contributed by atoms with Gasteiger partial charge in [0.25, 0.3) is 5.91 Å². The number of benzene rings is 1. The minimum atomic E-state index is -4.70. The second-order valence-electron chi connectivity index (χ2n) is 8.29. The van der Waals surface area contributed by atoms with E-state index >= 15 is 0 Å². The number of morpholine rings is 1. The fourth-order valence-corrected chi connectivity index (χ4v) is 4.98. The Labute approximate surface area is 177 Å². The fourth-order valence-electron chi connectivity index (χ4n) is 4.98. The van der Waals surface area contributed by atoms with Crippen molar-refractivity contribution < 1.29 is 27.2 Å². The van der Waals surface area contributed by atoms with E-state index in [1.807, 2.05) is 4.90 Å². The second kappa shape index (κ2) is 7.90. The summed E-state index contributed by atoms with van der Waals surface area (Å²) in [7, 11) is 0. The molecule has 0 N–H and O–H groups in total. The highest BCUT2D eigenvalue weighted by Crippen LogP contribution is 2.35. The molecule has 0 unspecified atom stereocenters. The first-order valence-corrected chi connectivity index (χ1v) is 10.6. The molecule has 5 rings (SSSR count). The number of hydrogen-bond donors (Lipinski definition) is 0. The molecule has 2 aromatic rings. The van der Waals surface area contributed by atoms with E-state index < -0.39 is 12.1 Å². The van der Waals surface area contributed by atoms with Crippen molar-refractivity contribution in [2.24, 2.45) is 0 Å². The van der Waals surface area contributed by atoms with Gasteiger partial charge in [0.1, 0.15) is 0 Å². The highest BCUT2D eigenvalue weighted by molar-refractivity contribution is 5.99. The van der Waals surface area contributed by atoms with Gasteiger partial charge in [-0.1, -0.05) is 30.1 Å². The van der Waals surface area contributed by atoms with Crippen molar-refractivity contribution in [1.29, 1.82) is 0 Å². The van der Waals surface area contributed by atoms with E-state index in [1.54, 1.807) is 18.2 Å². The van der Waals surface area contributed by atoms with Gasteiger partial charge >= 0.3 is 12.1 Å². The van der Waals surface area contributed by atoms with Crippen molar-refractivity contribution in [2.75, 3.05) is 26.3 Å². The summed E-state index contributed by atoms with van der Waals surface area (Å²) in [4.78, 5) is 21.1. The summed E-state index contributed by atoms with van der Waals surface area (Å²) in [6.07, 6.45) is -0.464. The lowest BCUT2D eigenvalue weighted by atomic mass is 9.87. The molecule has 31 heavy (non-hydrogen) atoms. The van der Waals surface area contributed by atoms with Crippen LogP contribution in [0.5, 0.6) is 0 Å². The molecule has 1 saturated heterocycles. The Balaban J connectivity index is 1.39. The maximum atomic E-state index is 13.3. The second-order valence-corrected chi connectivity index (χ2v) is 8.29. The summed E-state index contributed by atoms with van der Waals surface area (Å²) < 4.78 is 48.1. The van der Waals surface area contributed by atoms with Gasteiger partial charge in [-0.3, -0.25) is 9.69 Å². The van der Waals surface area contributed by atoms with Crippen molar-refractivity contribution >= 4 is 5.91 Å². The van der Waals surface area contributed by atoms with E-state index in [0.717, 1.165) is 44.3 Å². The molecule has 1 saturated carbocycles. The summed E-state index contributed by atoms with van der Waals surface area (Å²) in [5, 5.41) is 3.44. The van der Waals surface area contributed by atoms with Crippen LogP contribution < -0.4 is 0 Å². The first-order chi connectivity index (χ1) is 14.9. The molecule has 3 heterocycles. The number of ether oxygens (including phenoxy) is 1. The van der Waals surface area contributed by atoms with Crippen LogP contribution in [-0.4, -0.2) is 64.2 Å². The Hall–Kier alpha value is -2.46. The van der Waals surface area contributed by atoms with Crippen LogP contribution in [0.2, 0.25) is 0 Å². The summed E-state index contributed by atoms with van der Waals surface area (Å²) in [6, 6.07) is 5.42. The molecule has 1 aromatic carbocycles. The highest BCUT2D eigenvalue weighted by Gasteiger charge is 2.41. The van der Waals surface area contributed by atoms with Gasteiger partial charge in [0, 0.05) is 42.8 Å². The zero-order chi connectivity index (χ0) is 21.6. The normalized spacial score (nSPS) is 25.1. The summed E-state index contributed by atoms with van der Waals surface area (Å²) >= 11 is 0. The van der Waals surface area contributed by atoms with Gasteiger partial charge < -0.3 is 14.2 Å². The van der Waals surface area contributed by atoms with Gasteiger partial charge in [-0.25, -0.2) is 0 Å². The topological polar surface area (TPSA) is 71.7 Å². The summed E-state index contributed by atoms with van der Waals surface area (Å²) in [5.74, 6) is -1.65. The molecule has 2 aliphatic heterocycles. The number of halogens is 3. The number of nitrogens with zero attached hydrogens (tertiary/aromatic N) is 4. The van der Waals surface area contributed by atoms with Crippen molar-refractivity contribution in [2.45, 2.75) is 50.5 Å². The Kier molecular flexibility index (Phi) is 5.21. The Morgan fingerprint density at radius 1 is 1.06 bits per heavy atom. The largest absolute Gasteiger partial charge is 0.471 e. The van der Waals surface area contributed by atoms with Crippen molar-refractivity contribution in [3.63, 3.8) is 0 Å². The number of aromatic nitrogens is 2. The van der Waals surface area contributed by atoms with Crippen LogP contribution in [0, 0.1) is 0 Å². The number of hydrogen-bond acceptors (Lipinski definition) is 6. The van der Waals surface area contributed by atoms with Gasteiger partial charge in [0.2, 0.25) is 5.82 Å². The van der Waals surface area contributed by atoms with Crippen LogP contribution in [-0.2, 0) is 17.5 Å². The molecular formula is C21H23F3N4O3. The van der Waals surface area contributed by atoms with Gasteiger partial charge in [0.15, 0.2) is 0 Å². The average Bonchev–Trinajstić information content (AvgIpc) is 3.40. The van der Waals surface area contributed by atoms with Crippen LogP contribution in [0.1, 0.15) is 47.5 Å². The van der Waals surface area contributed by atoms with Crippen LogP contribution in [0.4, 0.5) is 13.2 Å². The minimum absolute atomic E-state index is 0.0819. The van der Waals surface area contributed by atoms with Crippen molar-refractivity contribution in [3.8, 4) is 11.4 Å². The maximum absolute atomic E-state index is 13.3. The van der Waals surface area contributed by atoms with Crippen LogP contribution >= 0.6 is 0 Å². The molecule has 3 aliphatic rings. The quantitative estimate of drug-likeness (QED) is 0.735. The number of carbonyl (C=O) groups is 1. The molecule has 1 aliphatic carbocycles. The summed E-state index contributed by atoms with van der Waals surface area (Å²) in [6.45, 7) is 3.69. The standard InChI is InChI=1S/C21H23F3N4O3/c22-21(23,24)20-25-18(26-31-20)13-5-6-14-12-28(19(29)15(14)11-13)17-4-2-1-3-16(17)27-7-9-30-10-8-27/h5-6,11,16-17H,1-4,7-10,12H2/t16-,17-/m1/s1. The van der Waals surface area contributed by atoms with Gasteiger partial charge in [-0.2, -0.15) is 18.2 Å². The first-order valence-electron chi connectivity index (χ1n) is 10.6. The summed E-state index contributed by atoms with van der Waals surface area (Å²) in [5.41, 5.74) is 1.71. The third-order valence-electron chi connectivity index (χ3n) is 6.48. The molecule has 7 nitrogen and oxygen atoms in total. The molecule has 0 spiro atoms. The molecule has 1 aromatic heterocycles. The molecule has 2 atom stereocenters. The third kappa shape index (κ3) is 3.82. The number of fused-ring (bicyclic) bond motifs is 1. The highest BCUT2D eigenvalue weighted by atomic mass is 19.4. The number of amides is 1. The van der Waals surface area contributed by atoms with Crippen molar-refractivity contribution in [3.05, 3.63) is 35.2 Å². The SMILES string of the molecule is O=C1c2cc(-c3noc(C(F)(F)F)n3)ccc2CN1[C@@H]1CCCC[C@H]1N1CCOCC1. The third-order valence-corrected chi connectivity index (χ3v) is 6.48. The van der Waals surface area contributed by atoms with Crippen LogP contribution in [0.3, 0.4) is 0 Å². The zero-order valence-electron chi connectivity index (χ0n) is 16.9. The molecule has 166 valence electrons. The molecule has 10 heteroatoms. The number of carbonyl (C=O) groups excluding carboxylic acids is 1. The smallest absolute Gasteiger partial charge is 0.379 e. The first kappa shape index (κ1) is 20.4. The Bertz CT molecular complexity index is 971. The lowest BCUT2D eigenvalue weighted by Gasteiger charge is -2.45. The van der Waals surface area contributed by atoms with Gasteiger partial charge in [-0.05, 0) is 24.5 Å². The Morgan fingerprint density at radius 3 is 2.52 bits per heavy atom.